The number of ketones is 1. The molecule has 0 atom stereocenters. The Hall–Kier alpha value is -0.150. The second-order valence-corrected chi connectivity index (χ2v) is 4.48. The number of carbonyl (C=O) groups is 1. The van der Waals surface area contributed by atoms with Crippen LogP contribution in [0.15, 0.2) is 27.1 Å². The SMILES string of the molecule is CCCC(=O)c1c(Br)cccc1Br. The lowest BCUT2D eigenvalue weighted by molar-refractivity contribution is 0.0980. The van der Waals surface area contributed by atoms with Crippen LogP contribution in [0.25, 0.3) is 0 Å². The summed E-state index contributed by atoms with van der Waals surface area (Å²) < 4.78 is 1.72. The van der Waals surface area contributed by atoms with Gasteiger partial charge in [-0.2, -0.15) is 0 Å². The third kappa shape index (κ3) is 2.64. The van der Waals surface area contributed by atoms with Crippen molar-refractivity contribution in [2.24, 2.45) is 0 Å². The van der Waals surface area contributed by atoms with Gasteiger partial charge in [0.05, 0.1) is 0 Å². The van der Waals surface area contributed by atoms with Gasteiger partial charge in [0.25, 0.3) is 0 Å². The number of rotatable bonds is 3. The maximum absolute atomic E-state index is 11.6. The zero-order valence-electron chi connectivity index (χ0n) is 7.31. The first kappa shape index (κ1) is 10.9. The van der Waals surface area contributed by atoms with Gasteiger partial charge >= 0.3 is 0 Å². The molecule has 70 valence electrons. The number of hydrogen-bond acceptors (Lipinski definition) is 1. The van der Waals surface area contributed by atoms with Crippen molar-refractivity contribution in [3.05, 3.63) is 32.7 Å². The number of halogens is 2. The molecular weight excluding hydrogens is 296 g/mol. The Kier molecular flexibility index (Phi) is 4.13. The Morgan fingerprint density at radius 2 is 1.85 bits per heavy atom. The van der Waals surface area contributed by atoms with Gasteiger partial charge in [0.2, 0.25) is 0 Å². The molecule has 13 heavy (non-hydrogen) atoms. The van der Waals surface area contributed by atoms with Gasteiger partial charge in [0.1, 0.15) is 0 Å². The van der Waals surface area contributed by atoms with Gasteiger partial charge in [0.15, 0.2) is 5.78 Å². The van der Waals surface area contributed by atoms with Crippen LogP contribution in [0.4, 0.5) is 0 Å². The van der Waals surface area contributed by atoms with E-state index in [9.17, 15) is 4.79 Å². The minimum atomic E-state index is 0.182. The van der Waals surface area contributed by atoms with Gasteiger partial charge in [-0.05, 0) is 18.6 Å². The highest BCUT2D eigenvalue weighted by atomic mass is 79.9. The van der Waals surface area contributed by atoms with Crippen LogP contribution < -0.4 is 0 Å². The molecule has 0 bridgehead atoms. The molecule has 0 unspecified atom stereocenters. The molecule has 3 heteroatoms. The third-order valence-corrected chi connectivity index (χ3v) is 3.04. The molecule has 0 radical (unpaired) electrons. The van der Waals surface area contributed by atoms with Crippen LogP contribution in [-0.2, 0) is 0 Å². The van der Waals surface area contributed by atoms with Crippen molar-refractivity contribution >= 4 is 37.6 Å². The molecule has 0 spiro atoms. The first-order valence-corrected chi connectivity index (χ1v) is 5.72. The van der Waals surface area contributed by atoms with Crippen LogP contribution in [0.1, 0.15) is 30.1 Å². The van der Waals surface area contributed by atoms with Crippen LogP contribution >= 0.6 is 31.9 Å². The van der Waals surface area contributed by atoms with Crippen molar-refractivity contribution in [3.8, 4) is 0 Å². The Morgan fingerprint density at radius 1 is 1.31 bits per heavy atom. The predicted molar refractivity (Wildman–Crippen MR) is 61.1 cm³/mol. The van der Waals surface area contributed by atoms with Crippen LogP contribution in [0.2, 0.25) is 0 Å². The number of Topliss-reactive ketones (excluding diaryl/α,β-unsaturated/α-hetero) is 1. The van der Waals surface area contributed by atoms with Gasteiger partial charge in [0, 0.05) is 20.9 Å². The minimum Gasteiger partial charge on any atom is -0.294 e. The molecule has 1 nitrogen and oxygen atoms in total. The lowest BCUT2D eigenvalue weighted by Gasteiger charge is -2.04. The molecule has 0 N–H and O–H groups in total. The van der Waals surface area contributed by atoms with E-state index in [4.69, 9.17) is 0 Å². The molecule has 0 saturated carbocycles. The molecule has 0 amide bonds. The summed E-state index contributed by atoms with van der Waals surface area (Å²) in [5, 5.41) is 0. The molecule has 1 rings (SSSR count). The fourth-order valence-electron chi connectivity index (χ4n) is 1.12. The largest absolute Gasteiger partial charge is 0.294 e. The topological polar surface area (TPSA) is 17.1 Å². The molecule has 0 aromatic heterocycles. The lowest BCUT2D eigenvalue weighted by atomic mass is 10.1. The maximum Gasteiger partial charge on any atom is 0.165 e. The Bertz CT molecular complexity index is 300. The molecule has 1 aromatic carbocycles. The van der Waals surface area contributed by atoms with E-state index in [1.54, 1.807) is 0 Å². The maximum atomic E-state index is 11.6. The molecule has 0 heterocycles. The summed E-state index contributed by atoms with van der Waals surface area (Å²) in [5.74, 6) is 0.182. The van der Waals surface area contributed by atoms with Crippen molar-refractivity contribution in [2.75, 3.05) is 0 Å². The average molecular weight is 306 g/mol. The zero-order chi connectivity index (χ0) is 9.84. The summed E-state index contributed by atoms with van der Waals surface area (Å²) in [6, 6.07) is 5.66. The highest BCUT2D eigenvalue weighted by molar-refractivity contribution is 9.11. The van der Waals surface area contributed by atoms with Crippen LogP contribution in [0.3, 0.4) is 0 Å². The number of carbonyl (C=O) groups excluding carboxylic acids is 1. The van der Waals surface area contributed by atoms with E-state index in [2.05, 4.69) is 31.9 Å². The van der Waals surface area contributed by atoms with Crippen LogP contribution in [0, 0.1) is 0 Å². The predicted octanol–water partition coefficient (Wildman–Crippen LogP) is 4.19. The van der Waals surface area contributed by atoms with E-state index in [0.717, 1.165) is 20.9 Å². The van der Waals surface area contributed by atoms with Gasteiger partial charge in [-0.1, -0.05) is 44.8 Å². The molecule has 0 saturated heterocycles. The quantitative estimate of drug-likeness (QED) is 0.765. The third-order valence-electron chi connectivity index (χ3n) is 1.72. The van der Waals surface area contributed by atoms with Crippen molar-refractivity contribution in [2.45, 2.75) is 19.8 Å². The summed E-state index contributed by atoms with van der Waals surface area (Å²) in [5.41, 5.74) is 0.754. The first-order chi connectivity index (χ1) is 6.16. The standard InChI is InChI=1S/C10H10Br2O/c1-2-4-9(13)10-7(11)5-3-6-8(10)12/h3,5-6H,2,4H2,1H3. The minimum absolute atomic E-state index is 0.182. The van der Waals surface area contributed by atoms with Crippen LogP contribution in [-0.4, -0.2) is 5.78 Å². The lowest BCUT2D eigenvalue weighted by Crippen LogP contribution is -2.00. The van der Waals surface area contributed by atoms with Crippen molar-refractivity contribution in [3.63, 3.8) is 0 Å². The van der Waals surface area contributed by atoms with Gasteiger partial charge in [-0.3, -0.25) is 4.79 Å². The normalized spacial score (nSPS) is 10.1. The number of benzene rings is 1. The zero-order valence-corrected chi connectivity index (χ0v) is 10.5. The van der Waals surface area contributed by atoms with E-state index in [-0.39, 0.29) is 5.78 Å². The Balaban J connectivity index is 3.05. The van der Waals surface area contributed by atoms with Gasteiger partial charge in [-0.25, -0.2) is 0 Å². The summed E-state index contributed by atoms with van der Waals surface area (Å²) in [4.78, 5) is 11.6. The van der Waals surface area contributed by atoms with Crippen molar-refractivity contribution in [1.82, 2.24) is 0 Å². The fourth-order valence-corrected chi connectivity index (χ4v) is 2.56. The summed E-state index contributed by atoms with van der Waals surface area (Å²) in [6.45, 7) is 2.00. The molecule has 0 fully saturated rings. The van der Waals surface area contributed by atoms with Gasteiger partial charge in [-0.15, -0.1) is 0 Å². The van der Waals surface area contributed by atoms with Crippen molar-refractivity contribution < 1.29 is 4.79 Å². The van der Waals surface area contributed by atoms with Crippen LogP contribution in [0.5, 0.6) is 0 Å². The molecular formula is C10H10Br2O. The van der Waals surface area contributed by atoms with E-state index in [1.165, 1.54) is 0 Å². The fraction of sp³-hybridized carbons (Fsp3) is 0.300. The molecule has 0 aliphatic rings. The summed E-state index contributed by atoms with van der Waals surface area (Å²) in [6.07, 6.45) is 1.48. The second-order valence-electron chi connectivity index (χ2n) is 2.77. The Morgan fingerprint density at radius 3 is 2.31 bits per heavy atom. The van der Waals surface area contributed by atoms with E-state index in [0.29, 0.717) is 6.42 Å². The highest BCUT2D eigenvalue weighted by Gasteiger charge is 2.11. The highest BCUT2D eigenvalue weighted by Crippen LogP contribution is 2.26. The monoisotopic (exact) mass is 304 g/mol. The molecule has 1 aromatic rings. The Labute approximate surface area is 94.8 Å². The molecule has 0 aliphatic heterocycles. The van der Waals surface area contributed by atoms with E-state index in [1.807, 2.05) is 25.1 Å². The summed E-state index contributed by atoms with van der Waals surface area (Å²) >= 11 is 6.73. The average Bonchev–Trinajstić information content (AvgIpc) is 2.04. The number of hydrogen-bond donors (Lipinski definition) is 0. The van der Waals surface area contributed by atoms with E-state index < -0.39 is 0 Å². The first-order valence-electron chi connectivity index (χ1n) is 4.14. The smallest absolute Gasteiger partial charge is 0.165 e. The molecule has 0 aliphatic carbocycles. The second kappa shape index (κ2) is 4.91. The van der Waals surface area contributed by atoms with Gasteiger partial charge < -0.3 is 0 Å². The van der Waals surface area contributed by atoms with E-state index >= 15 is 0 Å². The summed E-state index contributed by atoms with van der Waals surface area (Å²) in [7, 11) is 0. The van der Waals surface area contributed by atoms with Crippen molar-refractivity contribution in [1.29, 1.82) is 0 Å².